The molecule has 1 unspecified atom stereocenters. The van der Waals surface area contributed by atoms with Crippen LogP contribution in [0.25, 0.3) is 0 Å². The van der Waals surface area contributed by atoms with E-state index in [-0.39, 0.29) is 27.4 Å². The zero-order valence-corrected chi connectivity index (χ0v) is 13.3. The molecule has 0 saturated heterocycles. The van der Waals surface area contributed by atoms with Gasteiger partial charge in [-0.25, -0.2) is 17.9 Å². The van der Waals surface area contributed by atoms with Crippen molar-refractivity contribution in [1.82, 2.24) is 4.72 Å². The van der Waals surface area contributed by atoms with E-state index < -0.39 is 21.6 Å². The molecular formula is C12H15Cl2NO4S. The SMILES string of the molecule is CCC(C)CNS(=O)(=O)c1ccc(Cl)c(C(=O)O)c1Cl. The van der Waals surface area contributed by atoms with E-state index >= 15 is 0 Å². The van der Waals surface area contributed by atoms with Gasteiger partial charge in [-0.15, -0.1) is 0 Å². The molecule has 0 aromatic heterocycles. The largest absolute Gasteiger partial charge is 0.478 e. The van der Waals surface area contributed by atoms with Gasteiger partial charge in [-0.1, -0.05) is 43.5 Å². The zero-order valence-electron chi connectivity index (χ0n) is 11.0. The predicted molar refractivity (Wildman–Crippen MR) is 78.1 cm³/mol. The van der Waals surface area contributed by atoms with Crippen molar-refractivity contribution in [3.63, 3.8) is 0 Å². The second-order valence-electron chi connectivity index (χ2n) is 4.40. The van der Waals surface area contributed by atoms with Crippen molar-refractivity contribution in [1.29, 1.82) is 0 Å². The Kier molecular flexibility index (Phi) is 5.82. The van der Waals surface area contributed by atoms with Crippen LogP contribution in [0.3, 0.4) is 0 Å². The van der Waals surface area contributed by atoms with Crippen LogP contribution in [0.15, 0.2) is 17.0 Å². The van der Waals surface area contributed by atoms with Crippen molar-refractivity contribution < 1.29 is 18.3 Å². The van der Waals surface area contributed by atoms with Gasteiger partial charge in [0, 0.05) is 6.54 Å². The first kappa shape index (κ1) is 17.2. The highest BCUT2D eigenvalue weighted by Gasteiger charge is 2.24. The number of hydrogen-bond donors (Lipinski definition) is 2. The Hall–Kier alpha value is -0.820. The average Bonchev–Trinajstić information content (AvgIpc) is 2.35. The molecule has 0 radical (unpaired) electrons. The Morgan fingerprint density at radius 3 is 2.50 bits per heavy atom. The molecule has 2 N–H and O–H groups in total. The van der Waals surface area contributed by atoms with Crippen molar-refractivity contribution in [3.8, 4) is 0 Å². The molecule has 8 heteroatoms. The fourth-order valence-corrected chi connectivity index (χ4v) is 3.49. The van der Waals surface area contributed by atoms with Gasteiger partial charge in [0.25, 0.3) is 0 Å². The van der Waals surface area contributed by atoms with Crippen LogP contribution in [0, 0.1) is 5.92 Å². The Morgan fingerprint density at radius 2 is 2.00 bits per heavy atom. The van der Waals surface area contributed by atoms with Gasteiger partial charge in [-0.05, 0) is 18.1 Å². The fourth-order valence-electron chi connectivity index (χ4n) is 1.41. The lowest BCUT2D eigenvalue weighted by Gasteiger charge is -2.13. The summed E-state index contributed by atoms with van der Waals surface area (Å²) in [4.78, 5) is 10.8. The van der Waals surface area contributed by atoms with E-state index in [1.54, 1.807) is 0 Å². The van der Waals surface area contributed by atoms with Crippen LogP contribution in [0.2, 0.25) is 10.0 Å². The Bertz CT molecular complexity index is 616. The first-order valence-corrected chi connectivity index (χ1v) is 8.15. The first-order valence-electron chi connectivity index (χ1n) is 5.91. The summed E-state index contributed by atoms with van der Waals surface area (Å²) in [5.41, 5.74) is -0.417. The van der Waals surface area contributed by atoms with Crippen LogP contribution in [-0.2, 0) is 10.0 Å². The number of nitrogens with one attached hydrogen (secondary N) is 1. The monoisotopic (exact) mass is 339 g/mol. The molecular weight excluding hydrogens is 325 g/mol. The Labute approximate surface area is 127 Å². The molecule has 0 heterocycles. The minimum atomic E-state index is -3.87. The van der Waals surface area contributed by atoms with Crippen molar-refractivity contribution in [2.24, 2.45) is 5.92 Å². The summed E-state index contributed by atoms with van der Waals surface area (Å²) in [6.45, 7) is 4.09. The number of aromatic carboxylic acids is 1. The van der Waals surface area contributed by atoms with Crippen LogP contribution in [-0.4, -0.2) is 26.0 Å². The van der Waals surface area contributed by atoms with E-state index in [2.05, 4.69) is 4.72 Å². The number of carboxylic acids is 1. The maximum atomic E-state index is 12.1. The highest BCUT2D eigenvalue weighted by Crippen LogP contribution is 2.31. The van der Waals surface area contributed by atoms with Gasteiger partial charge < -0.3 is 5.11 Å². The van der Waals surface area contributed by atoms with Gasteiger partial charge in [0.2, 0.25) is 10.0 Å². The van der Waals surface area contributed by atoms with Gasteiger partial charge in [0.05, 0.1) is 15.6 Å². The van der Waals surface area contributed by atoms with Gasteiger partial charge in [-0.3, -0.25) is 0 Å². The van der Waals surface area contributed by atoms with Gasteiger partial charge in [0.1, 0.15) is 4.90 Å². The molecule has 5 nitrogen and oxygen atoms in total. The second kappa shape index (κ2) is 6.76. The summed E-state index contributed by atoms with van der Waals surface area (Å²) in [6.07, 6.45) is 0.817. The predicted octanol–water partition coefficient (Wildman–Crippen LogP) is 3.02. The topological polar surface area (TPSA) is 83.5 Å². The third-order valence-electron chi connectivity index (χ3n) is 2.88. The van der Waals surface area contributed by atoms with Crippen molar-refractivity contribution in [3.05, 3.63) is 27.7 Å². The summed E-state index contributed by atoms with van der Waals surface area (Å²) in [7, 11) is -3.87. The lowest BCUT2D eigenvalue weighted by molar-refractivity contribution is 0.0697. The van der Waals surface area contributed by atoms with Crippen molar-refractivity contribution in [2.45, 2.75) is 25.2 Å². The highest BCUT2D eigenvalue weighted by molar-refractivity contribution is 7.89. The number of benzene rings is 1. The Morgan fingerprint density at radius 1 is 1.40 bits per heavy atom. The summed E-state index contributed by atoms with van der Waals surface area (Å²) >= 11 is 11.6. The third kappa shape index (κ3) is 3.85. The van der Waals surface area contributed by atoms with Gasteiger partial charge >= 0.3 is 5.97 Å². The van der Waals surface area contributed by atoms with Crippen LogP contribution in [0.4, 0.5) is 0 Å². The van der Waals surface area contributed by atoms with Crippen LogP contribution in [0.5, 0.6) is 0 Å². The van der Waals surface area contributed by atoms with Crippen LogP contribution >= 0.6 is 23.2 Å². The molecule has 0 aliphatic rings. The quantitative estimate of drug-likeness (QED) is 0.834. The van der Waals surface area contributed by atoms with Gasteiger partial charge in [0.15, 0.2) is 0 Å². The molecule has 0 saturated carbocycles. The number of rotatable bonds is 6. The highest BCUT2D eigenvalue weighted by atomic mass is 35.5. The molecule has 0 bridgehead atoms. The minimum absolute atomic E-state index is 0.108. The number of carboxylic acid groups (broad SMARTS) is 1. The normalized spacial score (nSPS) is 13.2. The van der Waals surface area contributed by atoms with Crippen LogP contribution in [0.1, 0.15) is 30.6 Å². The van der Waals surface area contributed by atoms with Crippen molar-refractivity contribution >= 4 is 39.2 Å². The zero-order chi connectivity index (χ0) is 15.5. The van der Waals surface area contributed by atoms with Crippen LogP contribution < -0.4 is 4.72 Å². The number of hydrogen-bond acceptors (Lipinski definition) is 3. The van der Waals surface area contributed by atoms with E-state index in [9.17, 15) is 13.2 Å². The smallest absolute Gasteiger partial charge is 0.338 e. The van der Waals surface area contributed by atoms with Gasteiger partial charge in [-0.2, -0.15) is 0 Å². The third-order valence-corrected chi connectivity index (χ3v) is 5.16. The fraction of sp³-hybridized carbons (Fsp3) is 0.417. The second-order valence-corrected chi connectivity index (χ2v) is 6.93. The summed E-state index contributed by atoms with van der Waals surface area (Å²) in [6, 6.07) is 2.39. The molecule has 0 spiro atoms. The maximum Gasteiger partial charge on any atom is 0.338 e. The van der Waals surface area contributed by atoms with E-state index in [1.165, 1.54) is 12.1 Å². The molecule has 0 aliphatic carbocycles. The van der Waals surface area contributed by atoms with E-state index in [0.29, 0.717) is 0 Å². The molecule has 0 fully saturated rings. The van der Waals surface area contributed by atoms with E-state index in [4.69, 9.17) is 28.3 Å². The molecule has 1 aromatic rings. The molecule has 20 heavy (non-hydrogen) atoms. The lowest BCUT2D eigenvalue weighted by atomic mass is 10.1. The Balaban J connectivity index is 3.20. The van der Waals surface area contributed by atoms with E-state index in [1.807, 2.05) is 13.8 Å². The molecule has 0 aliphatic heterocycles. The number of halogens is 2. The average molecular weight is 340 g/mol. The molecule has 1 atom stereocenters. The lowest BCUT2D eigenvalue weighted by Crippen LogP contribution is -2.28. The summed E-state index contributed by atoms with van der Waals surface area (Å²) < 4.78 is 26.7. The summed E-state index contributed by atoms with van der Waals surface area (Å²) in [5.74, 6) is -1.21. The standard InChI is InChI=1S/C12H15Cl2NO4S/c1-3-7(2)6-15-20(18,19)9-5-4-8(13)10(11(9)14)12(16)17/h4-5,7,15H,3,6H2,1-2H3,(H,16,17). The van der Waals surface area contributed by atoms with E-state index in [0.717, 1.165) is 6.42 Å². The number of carbonyl (C=O) groups is 1. The molecule has 112 valence electrons. The molecule has 1 rings (SSSR count). The first-order chi connectivity index (χ1) is 9.20. The maximum absolute atomic E-state index is 12.1. The molecule has 0 amide bonds. The molecule has 1 aromatic carbocycles. The number of sulfonamides is 1. The summed E-state index contributed by atoms with van der Waals surface area (Å²) in [5, 5.41) is 8.51. The minimum Gasteiger partial charge on any atom is -0.478 e. The van der Waals surface area contributed by atoms with Crippen molar-refractivity contribution in [2.75, 3.05) is 6.54 Å².